The fourth-order valence-corrected chi connectivity index (χ4v) is 3.74. The fourth-order valence-electron chi connectivity index (χ4n) is 3.18. The van der Waals surface area contributed by atoms with E-state index in [0.717, 1.165) is 32.7 Å². The van der Waals surface area contributed by atoms with E-state index in [1.807, 2.05) is 68.4 Å². The number of carbonyl (C=O) groups is 1. The number of carbonyl (C=O) groups excluding carboxylic acids is 1. The third-order valence-electron chi connectivity index (χ3n) is 4.75. The predicted octanol–water partition coefficient (Wildman–Crippen LogP) is 4.20. The number of hydrogen-bond acceptors (Lipinski definition) is 5. The fraction of sp³-hybridized carbons (Fsp3) is 0.273. The molecule has 0 unspecified atom stereocenters. The summed E-state index contributed by atoms with van der Waals surface area (Å²) in [5, 5.41) is 3.87. The zero-order valence-corrected chi connectivity index (χ0v) is 17.4. The number of para-hydroxylation sites is 1. The zero-order chi connectivity index (χ0) is 20.3. The summed E-state index contributed by atoms with van der Waals surface area (Å²) in [6.07, 6.45) is 1.98. The van der Waals surface area contributed by atoms with Gasteiger partial charge in [-0.25, -0.2) is 4.79 Å². The number of fused-ring (bicyclic) bond motifs is 1. The molecule has 146 valence electrons. The van der Waals surface area contributed by atoms with E-state index in [4.69, 9.17) is 4.42 Å². The minimum absolute atomic E-state index is 0.0942. The van der Waals surface area contributed by atoms with Crippen LogP contribution in [0.25, 0.3) is 11.0 Å². The molecule has 1 aromatic heterocycles. The Morgan fingerprint density at radius 3 is 2.68 bits per heavy atom. The Morgan fingerprint density at radius 1 is 1.18 bits per heavy atom. The summed E-state index contributed by atoms with van der Waals surface area (Å²) < 4.78 is 5.43. The van der Waals surface area contributed by atoms with Gasteiger partial charge < -0.3 is 9.73 Å². The maximum atomic E-state index is 12.5. The zero-order valence-electron chi connectivity index (χ0n) is 16.5. The van der Waals surface area contributed by atoms with Crippen molar-refractivity contribution in [3.63, 3.8) is 0 Å². The third kappa shape index (κ3) is 4.46. The van der Waals surface area contributed by atoms with E-state index < -0.39 is 0 Å². The van der Waals surface area contributed by atoms with Crippen LogP contribution in [0.15, 0.2) is 56.6 Å². The predicted molar refractivity (Wildman–Crippen MR) is 115 cm³/mol. The largest absolute Gasteiger partial charge is 0.422 e. The summed E-state index contributed by atoms with van der Waals surface area (Å²) >= 11 is 1.59. The van der Waals surface area contributed by atoms with Crippen LogP contribution >= 0.6 is 11.8 Å². The molecule has 0 radical (unpaired) electrons. The highest BCUT2D eigenvalue weighted by atomic mass is 32.2. The number of thioether (sulfide) groups is 1. The highest BCUT2D eigenvalue weighted by molar-refractivity contribution is 7.98. The van der Waals surface area contributed by atoms with Gasteiger partial charge in [0.25, 0.3) is 0 Å². The van der Waals surface area contributed by atoms with Gasteiger partial charge in [-0.3, -0.25) is 9.69 Å². The van der Waals surface area contributed by atoms with Crippen LogP contribution in [0.3, 0.4) is 0 Å². The highest BCUT2D eigenvalue weighted by Crippen LogP contribution is 2.25. The Hall–Kier alpha value is -2.57. The van der Waals surface area contributed by atoms with Gasteiger partial charge in [0.15, 0.2) is 0 Å². The third-order valence-corrected chi connectivity index (χ3v) is 5.55. The number of anilines is 1. The lowest BCUT2D eigenvalue weighted by atomic mass is 10.0. The molecule has 1 amide bonds. The van der Waals surface area contributed by atoms with Crippen molar-refractivity contribution < 1.29 is 9.21 Å². The smallest absolute Gasteiger partial charge is 0.336 e. The maximum absolute atomic E-state index is 12.5. The van der Waals surface area contributed by atoms with Crippen molar-refractivity contribution in [1.82, 2.24) is 4.90 Å². The Morgan fingerprint density at radius 2 is 1.93 bits per heavy atom. The lowest BCUT2D eigenvalue weighted by molar-refractivity contribution is -0.117. The first-order valence-electron chi connectivity index (χ1n) is 9.03. The van der Waals surface area contributed by atoms with Crippen molar-refractivity contribution >= 4 is 34.3 Å². The van der Waals surface area contributed by atoms with E-state index in [-0.39, 0.29) is 18.1 Å². The van der Waals surface area contributed by atoms with Crippen LogP contribution in [0.1, 0.15) is 16.7 Å². The first kappa shape index (κ1) is 20.2. The molecule has 28 heavy (non-hydrogen) atoms. The number of aryl methyl sites for hydroxylation is 2. The summed E-state index contributed by atoms with van der Waals surface area (Å²) in [7, 11) is 1.86. The standard InChI is InChI=1S/C22H24N2O3S/c1-14-9-10-17-16(11-21(26)27-22(17)15(14)2)12-24(3)13-20(25)23-18-7-5-6-8-19(18)28-4/h5-11H,12-13H2,1-4H3,(H,23,25). The van der Waals surface area contributed by atoms with E-state index in [1.54, 1.807) is 11.8 Å². The van der Waals surface area contributed by atoms with Crippen LogP contribution < -0.4 is 10.9 Å². The minimum atomic E-state index is -0.372. The molecule has 1 heterocycles. The highest BCUT2D eigenvalue weighted by Gasteiger charge is 2.14. The van der Waals surface area contributed by atoms with E-state index in [1.165, 1.54) is 6.07 Å². The van der Waals surface area contributed by atoms with Crippen LogP contribution in [0.4, 0.5) is 5.69 Å². The Labute approximate surface area is 168 Å². The molecule has 0 fully saturated rings. The lowest BCUT2D eigenvalue weighted by Gasteiger charge is -2.18. The van der Waals surface area contributed by atoms with Gasteiger partial charge in [-0.2, -0.15) is 0 Å². The molecule has 0 saturated heterocycles. The topological polar surface area (TPSA) is 62.6 Å². The summed E-state index contributed by atoms with van der Waals surface area (Å²) in [5.74, 6) is -0.0942. The number of amides is 1. The van der Waals surface area contributed by atoms with Gasteiger partial charge in [-0.05, 0) is 56.0 Å². The molecule has 0 aliphatic heterocycles. The van der Waals surface area contributed by atoms with Crippen molar-refractivity contribution in [3.8, 4) is 0 Å². The molecule has 3 aromatic rings. The van der Waals surface area contributed by atoms with Gasteiger partial charge in [0.1, 0.15) is 5.58 Å². The molecule has 0 aliphatic rings. The molecular weight excluding hydrogens is 372 g/mol. The monoisotopic (exact) mass is 396 g/mol. The molecule has 3 rings (SSSR count). The number of likely N-dealkylation sites (N-methyl/N-ethyl adjacent to an activating group) is 1. The molecule has 0 bridgehead atoms. The number of rotatable bonds is 6. The second-order valence-electron chi connectivity index (χ2n) is 6.90. The second kappa shape index (κ2) is 8.63. The van der Waals surface area contributed by atoms with Crippen LogP contribution in [0.5, 0.6) is 0 Å². The Bertz CT molecular complexity index is 1080. The first-order chi connectivity index (χ1) is 13.4. The van der Waals surface area contributed by atoms with Crippen LogP contribution in [0, 0.1) is 13.8 Å². The maximum Gasteiger partial charge on any atom is 0.336 e. The molecule has 1 N–H and O–H groups in total. The lowest BCUT2D eigenvalue weighted by Crippen LogP contribution is -2.30. The van der Waals surface area contributed by atoms with Gasteiger partial charge in [0, 0.05) is 22.9 Å². The van der Waals surface area contributed by atoms with Crippen molar-refractivity contribution in [2.24, 2.45) is 0 Å². The number of hydrogen-bond donors (Lipinski definition) is 1. The van der Waals surface area contributed by atoms with Crippen molar-refractivity contribution in [2.75, 3.05) is 25.2 Å². The van der Waals surface area contributed by atoms with Crippen LogP contribution in [-0.2, 0) is 11.3 Å². The molecule has 0 aliphatic carbocycles. The van der Waals surface area contributed by atoms with Gasteiger partial charge in [0.05, 0.1) is 12.2 Å². The number of nitrogens with one attached hydrogen (secondary N) is 1. The van der Waals surface area contributed by atoms with E-state index in [2.05, 4.69) is 5.32 Å². The quantitative estimate of drug-likeness (QED) is 0.500. The minimum Gasteiger partial charge on any atom is -0.422 e. The van der Waals surface area contributed by atoms with E-state index in [9.17, 15) is 9.59 Å². The summed E-state index contributed by atoms with van der Waals surface area (Å²) in [5.41, 5.74) is 3.95. The summed E-state index contributed by atoms with van der Waals surface area (Å²) in [6.45, 7) is 4.63. The van der Waals surface area contributed by atoms with E-state index in [0.29, 0.717) is 12.1 Å². The number of nitrogens with zero attached hydrogens (tertiary/aromatic N) is 1. The molecule has 2 aromatic carbocycles. The average Bonchev–Trinajstić information content (AvgIpc) is 2.65. The number of benzene rings is 2. The molecular formula is C22H24N2O3S. The van der Waals surface area contributed by atoms with Gasteiger partial charge in [-0.1, -0.05) is 24.3 Å². The second-order valence-corrected chi connectivity index (χ2v) is 7.74. The Kier molecular flexibility index (Phi) is 6.21. The molecule has 0 saturated carbocycles. The van der Waals surface area contributed by atoms with Crippen molar-refractivity contribution in [3.05, 3.63) is 69.6 Å². The van der Waals surface area contributed by atoms with Gasteiger partial charge in [0.2, 0.25) is 5.91 Å². The molecule has 5 nitrogen and oxygen atoms in total. The first-order valence-corrected chi connectivity index (χ1v) is 10.3. The van der Waals surface area contributed by atoms with Gasteiger partial charge >= 0.3 is 5.63 Å². The molecule has 0 atom stereocenters. The Balaban J connectivity index is 1.76. The summed E-state index contributed by atoms with van der Waals surface area (Å²) in [4.78, 5) is 27.4. The summed E-state index contributed by atoms with van der Waals surface area (Å²) in [6, 6.07) is 13.2. The SMILES string of the molecule is CSc1ccccc1NC(=O)CN(C)Cc1cc(=O)oc2c(C)c(C)ccc12. The van der Waals surface area contributed by atoms with E-state index >= 15 is 0 Å². The van der Waals surface area contributed by atoms with Crippen molar-refractivity contribution in [2.45, 2.75) is 25.3 Å². The average molecular weight is 397 g/mol. The molecule has 6 heteroatoms. The van der Waals surface area contributed by atoms with Gasteiger partial charge in [-0.15, -0.1) is 11.8 Å². The molecule has 0 spiro atoms. The van der Waals surface area contributed by atoms with Crippen LogP contribution in [-0.4, -0.2) is 30.7 Å². The van der Waals surface area contributed by atoms with Crippen LogP contribution in [0.2, 0.25) is 0 Å². The normalized spacial score (nSPS) is 11.2. The van der Waals surface area contributed by atoms with Crippen molar-refractivity contribution in [1.29, 1.82) is 0 Å².